The Kier molecular flexibility index (Phi) is 15.1. The molecule has 104 valence electrons. The van der Waals surface area contributed by atoms with Gasteiger partial charge in [0.2, 0.25) is 0 Å². The Labute approximate surface area is 117 Å². The number of ketones is 1. The summed E-state index contributed by atoms with van der Waals surface area (Å²) >= 11 is 4.06. The quantitative estimate of drug-likeness (QED) is 0.640. The van der Waals surface area contributed by atoms with Crippen molar-refractivity contribution in [2.75, 3.05) is 17.6 Å². The first-order valence-corrected chi connectivity index (χ1v) is 7.10. The van der Waals surface area contributed by atoms with Crippen LogP contribution in [0.25, 0.3) is 0 Å². The van der Waals surface area contributed by atoms with Gasteiger partial charge in [0, 0.05) is 24.1 Å². The van der Waals surface area contributed by atoms with Gasteiger partial charge in [-0.15, -0.1) is 0 Å². The van der Waals surface area contributed by atoms with Crippen molar-refractivity contribution in [2.45, 2.75) is 41.0 Å². The van der Waals surface area contributed by atoms with E-state index in [1.165, 1.54) is 13.3 Å². The van der Waals surface area contributed by atoms with Crippen molar-refractivity contribution in [1.82, 2.24) is 4.98 Å². The average molecular weight is 270 g/mol. The zero-order chi connectivity index (χ0) is 14.4. The van der Waals surface area contributed by atoms with Gasteiger partial charge in [-0.1, -0.05) is 34.1 Å². The van der Waals surface area contributed by atoms with E-state index in [9.17, 15) is 4.79 Å². The van der Waals surface area contributed by atoms with Crippen LogP contribution in [-0.4, -0.2) is 23.1 Å². The zero-order valence-electron chi connectivity index (χ0n) is 12.2. The third-order valence-corrected chi connectivity index (χ3v) is 1.81. The third-order valence-electron chi connectivity index (χ3n) is 1.59. The molecule has 0 fully saturated rings. The van der Waals surface area contributed by atoms with E-state index < -0.39 is 0 Å². The van der Waals surface area contributed by atoms with Crippen molar-refractivity contribution in [1.29, 1.82) is 0 Å². The molecule has 0 bridgehead atoms. The van der Waals surface area contributed by atoms with Crippen molar-refractivity contribution in [2.24, 2.45) is 0 Å². The topological polar surface area (TPSA) is 42.0 Å². The largest absolute Gasteiger partial charge is 0.369 e. The maximum atomic E-state index is 10.9. The molecule has 0 saturated carbocycles. The summed E-state index contributed by atoms with van der Waals surface area (Å²) in [6, 6.07) is 3.55. The number of nitrogens with zero attached hydrogens (tertiary/aromatic N) is 1. The molecule has 4 heteroatoms. The van der Waals surface area contributed by atoms with Crippen molar-refractivity contribution in [3.8, 4) is 0 Å². The highest BCUT2D eigenvalue weighted by atomic mass is 32.1. The predicted octanol–water partition coefficient (Wildman–Crippen LogP) is 4.07. The number of rotatable bonds is 4. The van der Waals surface area contributed by atoms with Crippen molar-refractivity contribution >= 4 is 24.2 Å². The minimum atomic E-state index is 0.0354. The lowest BCUT2D eigenvalue weighted by Crippen LogP contribution is -2.04. The zero-order valence-corrected chi connectivity index (χ0v) is 13.1. The second-order valence-corrected chi connectivity index (χ2v) is 3.79. The summed E-state index contributed by atoms with van der Waals surface area (Å²) in [6.07, 6.45) is 2.82. The molecule has 0 aromatic carbocycles. The molecular weight excluding hydrogens is 244 g/mol. The average Bonchev–Trinajstić information content (AvgIpc) is 2.40. The number of carbonyl (C=O) groups excluding carboxylic acids is 1. The Bertz CT molecular complexity index is 299. The SMILES string of the molecule is CC.CC(=O)c1ccc(NCCS)nc1.CCC. The molecule has 3 nitrogen and oxygen atoms in total. The molecule has 0 atom stereocenters. The molecule has 1 heterocycles. The molecule has 0 spiro atoms. The second kappa shape index (κ2) is 14.0. The number of nitrogens with one attached hydrogen (secondary N) is 1. The first-order chi connectivity index (χ1) is 8.65. The van der Waals surface area contributed by atoms with Crippen LogP contribution in [0.1, 0.15) is 51.4 Å². The van der Waals surface area contributed by atoms with Crippen molar-refractivity contribution < 1.29 is 4.79 Å². The second-order valence-electron chi connectivity index (χ2n) is 3.35. The Morgan fingerprint density at radius 1 is 1.33 bits per heavy atom. The summed E-state index contributed by atoms with van der Waals surface area (Å²) < 4.78 is 0. The Morgan fingerprint density at radius 3 is 2.22 bits per heavy atom. The number of thiol groups is 1. The molecular formula is C14H26N2OS. The molecule has 0 amide bonds. The van der Waals surface area contributed by atoms with E-state index in [0.717, 1.165) is 18.1 Å². The predicted molar refractivity (Wildman–Crippen MR) is 83.9 cm³/mol. The van der Waals surface area contributed by atoms with Crippen LogP contribution < -0.4 is 5.32 Å². The van der Waals surface area contributed by atoms with E-state index in [1.54, 1.807) is 18.3 Å². The molecule has 0 radical (unpaired) electrons. The third kappa shape index (κ3) is 10.1. The van der Waals surface area contributed by atoms with Gasteiger partial charge in [0.15, 0.2) is 5.78 Å². The fourth-order valence-electron chi connectivity index (χ4n) is 0.891. The van der Waals surface area contributed by atoms with Gasteiger partial charge in [-0.25, -0.2) is 4.98 Å². The Hall–Kier alpha value is -1.03. The van der Waals surface area contributed by atoms with Gasteiger partial charge in [-0.2, -0.15) is 12.6 Å². The van der Waals surface area contributed by atoms with E-state index in [1.807, 2.05) is 13.8 Å². The van der Waals surface area contributed by atoms with Gasteiger partial charge >= 0.3 is 0 Å². The molecule has 1 N–H and O–H groups in total. The van der Waals surface area contributed by atoms with Crippen LogP contribution in [0.2, 0.25) is 0 Å². The molecule has 1 rings (SSSR count). The van der Waals surface area contributed by atoms with Crippen LogP contribution in [0, 0.1) is 0 Å². The van der Waals surface area contributed by atoms with Gasteiger partial charge in [0.1, 0.15) is 5.82 Å². The highest BCUT2D eigenvalue weighted by Crippen LogP contribution is 2.04. The molecule has 0 saturated heterocycles. The summed E-state index contributed by atoms with van der Waals surface area (Å²) in [4.78, 5) is 15.0. The highest BCUT2D eigenvalue weighted by molar-refractivity contribution is 7.80. The fourth-order valence-corrected chi connectivity index (χ4v) is 1.00. The number of Topliss-reactive ketones (excluding diaryl/α,β-unsaturated/α-hetero) is 1. The summed E-state index contributed by atoms with van der Waals surface area (Å²) in [5.74, 6) is 1.57. The number of carbonyl (C=O) groups is 1. The van der Waals surface area contributed by atoms with Crippen molar-refractivity contribution in [3.63, 3.8) is 0 Å². The standard InChI is InChI=1S/C9H12N2OS.C3H8.C2H6/c1-7(12)8-2-3-9(11-6-8)10-4-5-13;1-3-2;1-2/h2-3,6,13H,4-5H2,1H3,(H,10,11);3H2,1-2H3;1-2H3. The monoisotopic (exact) mass is 270 g/mol. The van der Waals surface area contributed by atoms with Crippen LogP contribution in [0.5, 0.6) is 0 Å². The molecule has 1 aromatic rings. The van der Waals surface area contributed by atoms with Gasteiger partial charge in [-0.3, -0.25) is 4.79 Å². The summed E-state index contributed by atoms with van der Waals surface area (Å²) in [5, 5.41) is 3.06. The van der Waals surface area contributed by atoms with Crippen molar-refractivity contribution in [3.05, 3.63) is 23.9 Å². The molecule has 0 aliphatic rings. The van der Waals surface area contributed by atoms with Crippen LogP contribution in [0.3, 0.4) is 0 Å². The molecule has 18 heavy (non-hydrogen) atoms. The Morgan fingerprint density at radius 2 is 1.89 bits per heavy atom. The first-order valence-electron chi connectivity index (χ1n) is 6.47. The minimum absolute atomic E-state index is 0.0354. The van der Waals surface area contributed by atoms with Gasteiger partial charge in [0.25, 0.3) is 0 Å². The van der Waals surface area contributed by atoms with Crippen LogP contribution in [0.15, 0.2) is 18.3 Å². The smallest absolute Gasteiger partial charge is 0.161 e. The lowest BCUT2D eigenvalue weighted by atomic mass is 10.2. The van der Waals surface area contributed by atoms with Gasteiger partial charge in [-0.05, 0) is 19.1 Å². The molecule has 1 aromatic heterocycles. The van der Waals surface area contributed by atoms with Crippen LogP contribution in [-0.2, 0) is 0 Å². The maximum Gasteiger partial charge on any atom is 0.161 e. The van der Waals surface area contributed by atoms with E-state index >= 15 is 0 Å². The van der Waals surface area contributed by atoms with Gasteiger partial charge < -0.3 is 5.32 Å². The minimum Gasteiger partial charge on any atom is -0.369 e. The number of pyridine rings is 1. The summed E-state index contributed by atoms with van der Waals surface area (Å²) in [7, 11) is 0. The lowest BCUT2D eigenvalue weighted by Gasteiger charge is -2.02. The van der Waals surface area contributed by atoms with E-state index in [2.05, 4.69) is 36.8 Å². The van der Waals surface area contributed by atoms with Crippen LogP contribution in [0.4, 0.5) is 5.82 Å². The number of hydrogen-bond donors (Lipinski definition) is 2. The van der Waals surface area contributed by atoms with E-state index in [-0.39, 0.29) is 5.78 Å². The lowest BCUT2D eigenvalue weighted by molar-refractivity contribution is 0.101. The maximum absolute atomic E-state index is 10.9. The number of hydrogen-bond acceptors (Lipinski definition) is 4. The summed E-state index contributed by atoms with van der Waals surface area (Å²) in [5.41, 5.74) is 0.636. The van der Waals surface area contributed by atoms with Crippen LogP contribution >= 0.6 is 12.6 Å². The number of anilines is 1. The fraction of sp³-hybridized carbons (Fsp3) is 0.571. The molecule has 0 aliphatic carbocycles. The summed E-state index contributed by atoms with van der Waals surface area (Å²) in [6.45, 7) is 10.5. The molecule has 0 unspecified atom stereocenters. The highest BCUT2D eigenvalue weighted by Gasteiger charge is 1.98. The molecule has 0 aliphatic heterocycles. The van der Waals surface area contributed by atoms with E-state index in [0.29, 0.717) is 5.56 Å². The first kappa shape index (κ1) is 19.3. The Balaban J connectivity index is 0. The number of aromatic nitrogens is 1. The van der Waals surface area contributed by atoms with Gasteiger partial charge in [0.05, 0.1) is 0 Å². The van der Waals surface area contributed by atoms with E-state index in [4.69, 9.17) is 0 Å². The normalized spacial score (nSPS) is 8.33.